The van der Waals surface area contributed by atoms with E-state index in [0.29, 0.717) is 12.3 Å². The first-order chi connectivity index (χ1) is 6.13. The molecule has 0 aromatic heterocycles. The van der Waals surface area contributed by atoms with Gasteiger partial charge in [0.05, 0.1) is 0 Å². The fraction of sp³-hybridized carbons (Fsp3) is 0.455. The van der Waals surface area contributed by atoms with Gasteiger partial charge in [-0.2, -0.15) is 0 Å². The highest BCUT2D eigenvalue weighted by atomic mass is 16.2. The summed E-state index contributed by atoms with van der Waals surface area (Å²) < 4.78 is 0. The second kappa shape index (κ2) is 4.28. The highest BCUT2D eigenvalue weighted by Crippen LogP contribution is 2.19. The first kappa shape index (κ1) is 10.1. The van der Waals surface area contributed by atoms with Crippen LogP contribution in [0.25, 0.3) is 0 Å². The standard InChI is InChI=1S/C11H17NO/c1-8(2)10-5-9(3-4-13)6-11(12)7-10/h5-8,13H,3-4,12H2,1-2H3. The van der Waals surface area contributed by atoms with Crippen LogP contribution < -0.4 is 5.73 Å². The summed E-state index contributed by atoms with van der Waals surface area (Å²) in [5, 5.41) is 8.80. The molecular formula is C11H17NO. The number of aliphatic hydroxyl groups excluding tert-OH is 1. The highest BCUT2D eigenvalue weighted by molar-refractivity contribution is 5.45. The fourth-order valence-corrected chi connectivity index (χ4v) is 1.35. The van der Waals surface area contributed by atoms with E-state index in [1.54, 1.807) is 0 Å². The van der Waals surface area contributed by atoms with Crippen molar-refractivity contribution in [3.05, 3.63) is 29.3 Å². The van der Waals surface area contributed by atoms with Crippen molar-refractivity contribution in [2.24, 2.45) is 0 Å². The Morgan fingerprint density at radius 1 is 1.31 bits per heavy atom. The molecule has 2 nitrogen and oxygen atoms in total. The van der Waals surface area contributed by atoms with Gasteiger partial charge in [0.2, 0.25) is 0 Å². The first-order valence-electron chi connectivity index (χ1n) is 4.63. The average molecular weight is 179 g/mol. The number of nitrogens with two attached hydrogens (primary N) is 1. The van der Waals surface area contributed by atoms with Crippen molar-refractivity contribution in [3.8, 4) is 0 Å². The molecule has 13 heavy (non-hydrogen) atoms. The summed E-state index contributed by atoms with van der Waals surface area (Å²) in [6.45, 7) is 4.45. The number of anilines is 1. The van der Waals surface area contributed by atoms with Gasteiger partial charge in [-0.25, -0.2) is 0 Å². The Morgan fingerprint density at radius 3 is 2.54 bits per heavy atom. The minimum atomic E-state index is 0.182. The van der Waals surface area contributed by atoms with Crippen LogP contribution in [0.1, 0.15) is 30.9 Å². The molecule has 0 aliphatic carbocycles. The van der Waals surface area contributed by atoms with Gasteiger partial charge >= 0.3 is 0 Å². The third kappa shape index (κ3) is 2.74. The van der Waals surface area contributed by atoms with Gasteiger partial charge in [-0.1, -0.05) is 19.9 Å². The molecule has 0 saturated heterocycles. The van der Waals surface area contributed by atoms with E-state index in [0.717, 1.165) is 11.3 Å². The lowest BCUT2D eigenvalue weighted by Crippen LogP contribution is -1.97. The average Bonchev–Trinajstić information content (AvgIpc) is 2.03. The Morgan fingerprint density at radius 2 is 2.00 bits per heavy atom. The maximum Gasteiger partial charge on any atom is 0.0471 e. The number of hydrogen-bond donors (Lipinski definition) is 2. The third-order valence-corrected chi connectivity index (χ3v) is 2.10. The summed E-state index contributed by atoms with van der Waals surface area (Å²) >= 11 is 0. The number of nitrogen functional groups attached to an aromatic ring is 1. The predicted octanol–water partition coefficient (Wildman–Crippen LogP) is 1.93. The van der Waals surface area contributed by atoms with E-state index in [1.807, 2.05) is 12.1 Å². The number of hydrogen-bond acceptors (Lipinski definition) is 2. The molecule has 0 atom stereocenters. The van der Waals surface area contributed by atoms with E-state index < -0.39 is 0 Å². The summed E-state index contributed by atoms with van der Waals surface area (Å²) in [7, 11) is 0. The third-order valence-electron chi connectivity index (χ3n) is 2.10. The molecule has 1 rings (SSSR count). The van der Waals surface area contributed by atoms with E-state index >= 15 is 0 Å². The lowest BCUT2D eigenvalue weighted by molar-refractivity contribution is 0.299. The van der Waals surface area contributed by atoms with Crippen molar-refractivity contribution >= 4 is 5.69 Å². The summed E-state index contributed by atoms with van der Waals surface area (Å²) in [6.07, 6.45) is 0.685. The van der Waals surface area contributed by atoms with Gasteiger partial charge in [-0.15, -0.1) is 0 Å². The molecule has 2 heteroatoms. The van der Waals surface area contributed by atoms with Gasteiger partial charge in [-0.3, -0.25) is 0 Å². The van der Waals surface area contributed by atoms with Gasteiger partial charge in [0.1, 0.15) is 0 Å². The van der Waals surface area contributed by atoms with E-state index in [-0.39, 0.29) is 6.61 Å². The molecular weight excluding hydrogens is 162 g/mol. The molecule has 0 spiro atoms. The molecule has 1 aromatic carbocycles. The van der Waals surface area contributed by atoms with Crippen LogP contribution in [0.15, 0.2) is 18.2 Å². The molecule has 0 heterocycles. The van der Waals surface area contributed by atoms with E-state index in [2.05, 4.69) is 19.9 Å². The second-order valence-electron chi connectivity index (χ2n) is 3.64. The summed E-state index contributed by atoms with van der Waals surface area (Å²) in [5.74, 6) is 0.487. The van der Waals surface area contributed by atoms with Crippen LogP contribution in [-0.2, 0) is 6.42 Å². The minimum Gasteiger partial charge on any atom is -0.399 e. The van der Waals surface area contributed by atoms with Crippen molar-refractivity contribution in [2.75, 3.05) is 12.3 Å². The molecule has 0 radical (unpaired) electrons. The van der Waals surface area contributed by atoms with E-state index in [4.69, 9.17) is 10.8 Å². The largest absolute Gasteiger partial charge is 0.399 e. The Balaban J connectivity index is 2.96. The lowest BCUT2D eigenvalue weighted by atomic mass is 9.99. The zero-order valence-electron chi connectivity index (χ0n) is 8.25. The van der Waals surface area contributed by atoms with Crippen LogP contribution in [0.5, 0.6) is 0 Å². The zero-order chi connectivity index (χ0) is 9.84. The predicted molar refractivity (Wildman–Crippen MR) is 55.7 cm³/mol. The molecule has 0 aliphatic rings. The number of rotatable bonds is 3. The van der Waals surface area contributed by atoms with Gasteiger partial charge in [0.25, 0.3) is 0 Å². The molecule has 0 fully saturated rings. The van der Waals surface area contributed by atoms with Crippen molar-refractivity contribution < 1.29 is 5.11 Å². The molecule has 0 bridgehead atoms. The zero-order valence-corrected chi connectivity index (χ0v) is 8.25. The van der Waals surface area contributed by atoms with Crippen LogP contribution in [-0.4, -0.2) is 11.7 Å². The van der Waals surface area contributed by atoms with Gasteiger partial charge < -0.3 is 10.8 Å². The van der Waals surface area contributed by atoms with Gasteiger partial charge in [0, 0.05) is 12.3 Å². The maximum absolute atomic E-state index is 8.80. The Bertz CT molecular complexity index is 281. The summed E-state index contributed by atoms with van der Waals surface area (Å²) in [6, 6.07) is 6.02. The van der Waals surface area contributed by atoms with Crippen molar-refractivity contribution in [1.29, 1.82) is 0 Å². The molecule has 3 N–H and O–H groups in total. The van der Waals surface area contributed by atoms with Crippen LogP contribution >= 0.6 is 0 Å². The SMILES string of the molecule is CC(C)c1cc(N)cc(CCO)c1. The summed E-state index contributed by atoms with van der Waals surface area (Å²) in [5.41, 5.74) is 8.89. The minimum absolute atomic E-state index is 0.182. The topological polar surface area (TPSA) is 46.2 Å². The van der Waals surface area contributed by atoms with Crippen molar-refractivity contribution in [3.63, 3.8) is 0 Å². The van der Waals surface area contributed by atoms with Crippen molar-refractivity contribution in [2.45, 2.75) is 26.2 Å². The molecule has 0 saturated carbocycles. The van der Waals surface area contributed by atoms with Gasteiger partial charge in [0.15, 0.2) is 0 Å². The Hall–Kier alpha value is -1.02. The van der Waals surface area contributed by atoms with E-state index in [1.165, 1.54) is 5.56 Å². The lowest BCUT2D eigenvalue weighted by Gasteiger charge is -2.09. The molecule has 0 amide bonds. The highest BCUT2D eigenvalue weighted by Gasteiger charge is 2.02. The molecule has 0 aliphatic heterocycles. The molecule has 72 valence electrons. The molecule has 1 aromatic rings. The number of aliphatic hydroxyl groups is 1. The van der Waals surface area contributed by atoms with Crippen LogP contribution in [0.2, 0.25) is 0 Å². The normalized spacial score (nSPS) is 10.8. The van der Waals surface area contributed by atoms with Crippen molar-refractivity contribution in [1.82, 2.24) is 0 Å². The monoisotopic (exact) mass is 179 g/mol. The van der Waals surface area contributed by atoms with Crippen LogP contribution in [0, 0.1) is 0 Å². The van der Waals surface area contributed by atoms with Crippen LogP contribution in [0.3, 0.4) is 0 Å². The van der Waals surface area contributed by atoms with E-state index in [9.17, 15) is 0 Å². The number of benzene rings is 1. The molecule has 0 unspecified atom stereocenters. The Labute approximate surface area is 79.4 Å². The van der Waals surface area contributed by atoms with Gasteiger partial charge in [-0.05, 0) is 35.6 Å². The second-order valence-corrected chi connectivity index (χ2v) is 3.64. The maximum atomic E-state index is 8.80. The fourth-order valence-electron chi connectivity index (χ4n) is 1.35. The summed E-state index contributed by atoms with van der Waals surface area (Å²) in [4.78, 5) is 0. The first-order valence-corrected chi connectivity index (χ1v) is 4.63. The quantitative estimate of drug-likeness (QED) is 0.696. The Kier molecular flexibility index (Phi) is 3.32. The van der Waals surface area contributed by atoms with Crippen LogP contribution in [0.4, 0.5) is 5.69 Å². The smallest absolute Gasteiger partial charge is 0.0471 e.